The van der Waals surface area contributed by atoms with E-state index in [4.69, 9.17) is 0 Å². The second-order valence-electron chi connectivity index (χ2n) is 5.21. The molecule has 2 aromatic rings. The van der Waals surface area contributed by atoms with Gasteiger partial charge in [-0.3, -0.25) is 4.79 Å². The number of rotatable bonds is 5. The second-order valence-corrected chi connectivity index (χ2v) is 6.27. The Morgan fingerprint density at radius 1 is 1.25 bits per heavy atom. The third-order valence-corrected chi connectivity index (χ3v) is 4.47. The molecule has 0 unspecified atom stereocenters. The normalized spacial score (nSPS) is 14.8. The molecular weight excluding hydrogens is 270 g/mol. The van der Waals surface area contributed by atoms with Gasteiger partial charge in [-0.05, 0) is 11.5 Å². The van der Waals surface area contributed by atoms with Crippen LogP contribution >= 0.6 is 11.3 Å². The number of hydrogen-bond acceptors (Lipinski definition) is 4. The van der Waals surface area contributed by atoms with Crippen LogP contribution in [-0.4, -0.2) is 16.1 Å². The van der Waals surface area contributed by atoms with Crippen LogP contribution < -0.4 is 5.32 Å². The molecule has 3 rings (SSSR count). The van der Waals surface area contributed by atoms with E-state index in [-0.39, 0.29) is 5.91 Å². The second kappa shape index (κ2) is 6.13. The highest BCUT2D eigenvalue weighted by molar-refractivity contribution is 7.15. The minimum atomic E-state index is -0.0393. The summed E-state index contributed by atoms with van der Waals surface area (Å²) in [5, 5.41) is 12.7. The summed E-state index contributed by atoms with van der Waals surface area (Å²) in [5.74, 6) is 0.735. The fourth-order valence-electron chi connectivity index (χ4n) is 2.28. The first kappa shape index (κ1) is 13.2. The lowest BCUT2D eigenvalue weighted by atomic mass is 9.83. The van der Waals surface area contributed by atoms with Gasteiger partial charge in [-0.25, -0.2) is 0 Å². The van der Waals surface area contributed by atoms with Gasteiger partial charge in [-0.2, -0.15) is 0 Å². The summed E-state index contributed by atoms with van der Waals surface area (Å²) < 4.78 is 0. The number of hydrogen-bond donors (Lipinski definition) is 1. The molecule has 1 aromatic carbocycles. The summed E-state index contributed by atoms with van der Waals surface area (Å²) in [6.07, 6.45) is 5.32. The van der Waals surface area contributed by atoms with Gasteiger partial charge in [0.25, 0.3) is 0 Å². The molecular formula is C15H17N3OS. The minimum Gasteiger partial charge on any atom is -0.300 e. The van der Waals surface area contributed by atoms with E-state index in [0.29, 0.717) is 11.6 Å². The molecule has 1 saturated carbocycles. The molecule has 0 atom stereocenters. The van der Waals surface area contributed by atoms with Gasteiger partial charge in [0.15, 0.2) is 0 Å². The van der Waals surface area contributed by atoms with E-state index in [2.05, 4.69) is 15.5 Å². The lowest BCUT2D eigenvalue weighted by Crippen LogP contribution is -2.14. The van der Waals surface area contributed by atoms with E-state index < -0.39 is 0 Å². The smallest absolute Gasteiger partial charge is 0.230 e. The lowest BCUT2D eigenvalue weighted by Gasteiger charge is -2.23. The topological polar surface area (TPSA) is 54.9 Å². The zero-order valence-corrected chi connectivity index (χ0v) is 12.0. The summed E-state index contributed by atoms with van der Waals surface area (Å²) in [7, 11) is 0. The van der Waals surface area contributed by atoms with Crippen LogP contribution in [0.2, 0.25) is 0 Å². The maximum absolute atomic E-state index is 11.9. The third kappa shape index (κ3) is 3.42. The van der Waals surface area contributed by atoms with Crippen molar-refractivity contribution in [1.82, 2.24) is 10.2 Å². The number of benzene rings is 1. The molecule has 0 spiro atoms. The minimum absolute atomic E-state index is 0.0393. The van der Waals surface area contributed by atoms with Crippen LogP contribution in [0.4, 0.5) is 5.13 Å². The Bertz CT molecular complexity index is 578. The summed E-state index contributed by atoms with van der Waals surface area (Å²) in [4.78, 5) is 11.9. The standard InChI is InChI=1S/C15H17N3OS/c19-13(9-11-5-2-1-3-6-11)16-15-18-17-14(20-15)10-12-7-4-8-12/h1-3,5-6,12H,4,7-10H2,(H,16,18,19). The van der Waals surface area contributed by atoms with Gasteiger partial charge in [-0.1, -0.05) is 60.9 Å². The molecule has 0 bridgehead atoms. The first-order chi connectivity index (χ1) is 9.79. The molecule has 20 heavy (non-hydrogen) atoms. The Balaban J connectivity index is 1.53. The number of carbonyl (C=O) groups excluding carboxylic acids is 1. The van der Waals surface area contributed by atoms with E-state index in [1.54, 1.807) is 0 Å². The van der Waals surface area contributed by atoms with Crippen LogP contribution in [0.1, 0.15) is 29.8 Å². The molecule has 1 heterocycles. The molecule has 1 amide bonds. The van der Waals surface area contributed by atoms with Gasteiger partial charge in [0.2, 0.25) is 11.0 Å². The maximum Gasteiger partial charge on any atom is 0.230 e. The van der Waals surface area contributed by atoms with Gasteiger partial charge in [0.05, 0.1) is 6.42 Å². The predicted octanol–water partition coefficient (Wildman–Crippen LogP) is 3.06. The van der Waals surface area contributed by atoms with E-state index in [9.17, 15) is 4.79 Å². The Morgan fingerprint density at radius 3 is 2.75 bits per heavy atom. The summed E-state index contributed by atoms with van der Waals surface area (Å²) in [5.41, 5.74) is 1.00. The first-order valence-corrected chi connectivity index (χ1v) is 7.77. The van der Waals surface area contributed by atoms with E-state index in [1.807, 2.05) is 30.3 Å². The van der Waals surface area contributed by atoms with E-state index >= 15 is 0 Å². The summed E-state index contributed by atoms with van der Waals surface area (Å²) in [6, 6.07) is 9.71. The number of nitrogens with one attached hydrogen (secondary N) is 1. The van der Waals surface area contributed by atoms with Crippen molar-refractivity contribution < 1.29 is 4.79 Å². The first-order valence-electron chi connectivity index (χ1n) is 6.96. The summed E-state index contributed by atoms with van der Waals surface area (Å²) in [6.45, 7) is 0. The molecule has 1 aliphatic carbocycles. The van der Waals surface area contributed by atoms with Gasteiger partial charge in [0, 0.05) is 6.42 Å². The van der Waals surface area contributed by atoms with Crippen LogP contribution in [0.25, 0.3) is 0 Å². The van der Waals surface area contributed by atoms with Crippen molar-refractivity contribution in [3.63, 3.8) is 0 Å². The molecule has 5 heteroatoms. The molecule has 4 nitrogen and oxygen atoms in total. The quantitative estimate of drug-likeness (QED) is 0.919. The molecule has 1 aromatic heterocycles. The average molecular weight is 287 g/mol. The fourth-order valence-corrected chi connectivity index (χ4v) is 3.15. The van der Waals surface area contributed by atoms with Crippen molar-refractivity contribution in [2.24, 2.45) is 5.92 Å². The highest BCUT2D eigenvalue weighted by atomic mass is 32.1. The Morgan fingerprint density at radius 2 is 2.05 bits per heavy atom. The maximum atomic E-state index is 11.9. The molecule has 1 aliphatic rings. The monoisotopic (exact) mass is 287 g/mol. The van der Waals surface area contributed by atoms with Gasteiger partial charge in [0.1, 0.15) is 5.01 Å². The van der Waals surface area contributed by atoms with Crippen LogP contribution in [0, 0.1) is 5.92 Å². The van der Waals surface area contributed by atoms with Crippen LogP contribution in [0.5, 0.6) is 0 Å². The molecule has 1 N–H and O–H groups in total. The van der Waals surface area contributed by atoms with Crippen molar-refractivity contribution in [3.05, 3.63) is 40.9 Å². The van der Waals surface area contributed by atoms with Gasteiger partial charge < -0.3 is 5.32 Å². The largest absolute Gasteiger partial charge is 0.300 e. The molecule has 0 aliphatic heterocycles. The van der Waals surface area contributed by atoms with E-state index in [0.717, 1.165) is 22.9 Å². The zero-order valence-electron chi connectivity index (χ0n) is 11.2. The third-order valence-electron chi connectivity index (χ3n) is 3.61. The Kier molecular flexibility index (Phi) is 4.06. The summed E-state index contributed by atoms with van der Waals surface area (Å²) >= 11 is 1.50. The zero-order chi connectivity index (χ0) is 13.8. The Labute approximate surface area is 122 Å². The highest BCUT2D eigenvalue weighted by Gasteiger charge is 2.20. The van der Waals surface area contributed by atoms with Crippen molar-refractivity contribution in [2.45, 2.75) is 32.1 Å². The number of aromatic nitrogens is 2. The van der Waals surface area contributed by atoms with E-state index in [1.165, 1.54) is 30.6 Å². The number of anilines is 1. The van der Waals surface area contributed by atoms with Crippen molar-refractivity contribution in [1.29, 1.82) is 0 Å². The van der Waals surface area contributed by atoms with Crippen LogP contribution in [0.3, 0.4) is 0 Å². The van der Waals surface area contributed by atoms with Crippen molar-refractivity contribution >= 4 is 22.4 Å². The number of carbonyl (C=O) groups is 1. The molecule has 1 fully saturated rings. The van der Waals surface area contributed by atoms with Crippen molar-refractivity contribution in [2.75, 3.05) is 5.32 Å². The van der Waals surface area contributed by atoms with Gasteiger partial charge >= 0.3 is 0 Å². The van der Waals surface area contributed by atoms with Gasteiger partial charge in [-0.15, -0.1) is 10.2 Å². The lowest BCUT2D eigenvalue weighted by molar-refractivity contribution is -0.115. The number of nitrogens with zero attached hydrogens (tertiary/aromatic N) is 2. The average Bonchev–Trinajstić information content (AvgIpc) is 2.82. The SMILES string of the molecule is O=C(Cc1ccccc1)Nc1nnc(CC2CCC2)s1. The molecule has 0 radical (unpaired) electrons. The van der Waals surface area contributed by atoms with Crippen LogP contribution in [0.15, 0.2) is 30.3 Å². The number of amides is 1. The van der Waals surface area contributed by atoms with Crippen LogP contribution in [-0.2, 0) is 17.6 Å². The molecule has 0 saturated heterocycles. The van der Waals surface area contributed by atoms with Crippen molar-refractivity contribution in [3.8, 4) is 0 Å². The fraction of sp³-hybridized carbons (Fsp3) is 0.400. The highest BCUT2D eigenvalue weighted by Crippen LogP contribution is 2.31. The molecule has 104 valence electrons. The Hall–Kier alpha value is -1.75. The predicted molar refractivity (Wildman–Crippen MR) is 79.7 cm³/mol.